The predicted molar refractivity (Wildman–Crippen MR) is 43.6 cm³/mol. The molecule has 1 rings (SSSR count). The molecule has 0 radical (unpaired) electrons. The summed E-state index contributed by atoms with van der Waals surface area (Å²) in [5.74, 6) is -0.342. The van der Waals surface area contributed by atoms with Crippen molar-refractivity contribution in [3.8, 4) is 0 Å². The van der Waals surface area contributed by atoms with Crippen LogP contribution in [-0.2, 0) is 14.3 Å². The number of hydrogen-bond donors (Lipinski definition) is 0. The van der Waals surface area contributed by atoms with Gasteiger partial charge in [-0.3, -0.25) is 4.79 Å². The van der Waals surface area contributed by atoms with Crippen LogP contribution >= 0.6 is 0 Å². The lowest BCUT2D eigenvalue weighted by Crippen LogP contribution is -2.17. The van der Waals surface area contributed by atoms with E-state index >= 15 is 0 Å². The highest BCUT2D eigenvalue weighted by atomic mass is 16.5. The molecule has 0 N–H and O–H groups in total. The average molecular weight is 170 g/mol. The Bertz CT molecular complexity index is 182. The van der Waals surface area contributed by atoms with Gasteiger partial charge in [0.2, 0.25) is 5.78 Å². The number of carbonyl (C=O) groups excluding carboxylic acids is 2. The molecule has 0 aromatic rings. The maximum absolute atomic E-state index is 11.0. The Morgan fingerprint density at radius 1 is 1.42 bits per heavy atom. The third-order valence-corrected chi connectivity index (χ3v) is 1.98. The van der Waals surface area contributed by atoms with Crippen LogP contribution in [0.5, 0.6) is 0 Å². The van der Waals surface area contributed by atoms with E-state index in [2.05, 4.69) is 4.74 Å². The van der Waals surface area contributed by atoms with E-state index in [1.807, 2.05) is 0 Å². The van der Waals surface area contributed by atoms with Crippen molar-refractivity contribution >= 4 is 11.8 Å². The van der Waals surface area contributed by atoms with Crippen molar-refractivity contribution in [1.82, 2.24) is 0 Å². The highest BCUT2D eigenvalue weighted by Gasteiger charge is 2.24. The first-order valence-corrected chi connectivity index (χ1v) is 4.44. The Morgan fingerprint density at radius 3 is 2.58 bits per heavy atom. The standard InChI is InChI=1S/C9H14O3/c1-2-12-9(11)8(10)6-5-7-3-4-7/h7H,2-6H2,1H3. The van der Waals surface area contributed by atoms with Gasteiger partial charge in [0.1, 0.15) is 0 Å². The molecule has 0 atom stereocenters. The second-order valence-electron chi connectivity index (χ2n) is 3.13. The maximum Gasteiger partial charge on any atom is 0.374 e. The first-order valence-electron chi connectivity index (χ1n) is 4.44. The Morgan fingerprint density at radius 2 is 2.08 bits per heavy atom. The molecule has 0 aliphatic heterocycles. The first kappa shape index (κ1) is 9.23. The van der Waals surface area contributed by atoms with Crippen molar-refractivity contribution in [3.63, 3.8) is 0 Å². The summed E-state index contributed by atoms with van der Waals surface area (Å²) >= 11 is 0. The van der Waals surface area contributed by atoms with Gasteiger partial charge in [-0.2, -0.15) is 0 Å². The van der Waals surface area contributed by atoms with Gasteiger partial charge in [0.15, 0.2) is 0 Å². The monoisotopic (exact) mass is 170 g/mol. The molecule has 0 amide bonds. The van der Waals surface area contributed by atoms with Crippen molar-refractivity contribution in [3.05, 3.63) is 0 Å². The lowest BCUT2D eigenvalue weighted by molar-refractivity contribution is -0.153. The second-order valence-corrected chi connectivity index (χ2v) is 3.13. The molecule has 0 bridgehead atoms. The van der Waals surface area contributed by atoms with Crippen LogP contribution < -0.4 is 0 Å². The topological polar surface area (TPSA) is 43.4 Å². The Kier molecular flexibility index (Phi) is 3.26. The van der Waals surface area contributed by atoms with Gasteiger partial charge in [0.05, 0.1) is 6.61 Å². The molecule has 0 heterocycles. The van der Waals surface area contributed by atoms with Gasteiger partial charge in [-0.15, -0.1) is 0 Å². The molecule has 1 fully saturated rings. The van der Waals surface area contributed by atoms with Crippen LogP contribution in [0.2, 0.25) is 0 Å². The summed E-state index contributed by atoms with van der Waals surface area (Å²) in [5, 5.41) is 0. The zero-order valence-electron chi connectivity index (χ0n) is 7.34. The van der Waals surface area contributed by atoms with Crippen molar-refractivity contribution in [2.24, 2.45) is 5.92 Å². The van der Waals surface area contributed by atoms with Gasteiger partial charge < -0.3 is 4.74 Å². The van der Waals surface area contributed by atoms with Crippen LogP contribution in [0.4, 0.5) is 0 Å². The van der Waals surface area contributed by atoms with Crippen molar-refractivity contribution < 1.29 is 14.3 Å². The van der Waals surface area contributed by atoms with Crippen LogP contribution in [0.3, 0.4) is 0 Å². The fourth-order valence-corrected chi connectivity index (χ4v) is 1.06. The fourth-order valence-electron chi connectivity index (χ4n) is 1.06. The normalized spacial score (nSPS) is 15.8. The van der Waals surface area contributed by atoms with Gasteiger partial charge in [-0.25, -0.2) is 4.79 Å². The van der Waals surface area contributed by atoms with Gasteiger partial charge in [0.25, 0.3) is 0 Å². The number of hydrogen-bond acceptors (Lipinski definition) is 3. The van der Waals surface area contributed by atoms with E-state index in [1.54, 1.807) is 6.92 Å². The minimum atomic E-state index is -0.668. The smallest absolute Gasteiger partial charge is 0.374 e. The van der Waals surface area contributed by atoms with Gasteiger partial charge in [-0.05, 0) is 19.3 Å². The minimum Gasteiger partial charge on any atom is -0.460 e. The maximum atomic E-state index is 11.0. The molecule has 68 valence electrons. The average Bonchev–Trinajstić information content (AvgIpc) is 2.83. The molecule has 0 spiro atoms. The number of ether oxygens (including phenoxy) is 1. The van der Waals surface area contributed by atoms with Crippen LogP contribution in [0.1, 0.15) is 32.6 Å². The van der Waals surface area contributed by atoms with Gasteiger partial charge >= 0.3 is 5.97 Å². The number of rotatable bonds is 5. The van der Waals surface area contributed by atoms with Gasteiger partial charge in [0, 0.05) is 6.42 Å². The number of esters is 1. The summed E-state index contributed by atoms with van der Waals surface area (Å²) in [7, 11) is 0. The fraction of sp³-hybridized carbons (Fsp3) is 0.778. The van der Waals surface area contributed by atoms with Crippen molar-refractivity contribution in [2.75, 3.05) is 6.61 Å². The molecule has 1 saturated carbocycles. The highest BCUT2D eigenvalue weighted by molar-refractivity contribution is 6.33. The molecule has 1 aliphatic rings. The van der Waals surface area contributed by atoms with Gasteiger partial charge in [-0.1, -0.05) is 12.8 Å². The van der Waals surface area contributed by atoms with Crippen molar-refractivity contribution in [1.29, 1.82) is 0 Å². The Balaban J connectivity index is 2.12. The molecule has 0 saturated heterocycles. The summed E-state index contributed by atoms with van der Waals surface area (Å²) in [5.41, 5.74) is 0. The van der Waals surface area contributed by atoms with E-state index in [0.717, 1.165) is 6.42 Å². The summed E-state index contributed by atoms with van der Waals surface area (Å²) in [6.45, 7) is 1.99. The molecule has 0 aromatic carbocycles. The van der Waals surface area contributed by atoms with E-state index in [-0.39, 0.29) is 12.4 Å². The molecule has 0 aromatic heterocycles. The molecule has 1 aliphatic carbocycles. The molecular weight excluding hydrogens is 156 g/mol. The van der Waals surface area contributed by atoms with E-state index in [0.29, 0.717) is 12.3 Å². The van der Waals surface area contributed by atoms with Crippen LogP contribution in [-0.4, -0.2) is 18.4 Å². The minimum absolute atomic E-state index is 0.286. The highest BCUT2D eigenvalue weighted by Crippen LogP contribution is 2.33. The molecule has 3 heteroatoms. The molecular formula is C9H14O3. The molecule has 12 heavy (non-hydrogen) atoms. The predicted octanol–water partition coefficient (Wildman–Crippen LogP) is 1.31. The number of ketones is 1. The SMILES string of the molecule is CCOC(=O)C(=O)CCC1CC1. The van der Waals surface area contributed by atoms with E-state index < -0.39 is 5.97 Å². The summed E-state index contributed by atoms with van der Waals surface area (Å²) in [4.78, 5) is 21.8. The third kappa shape index (κ3) is 3.03. The van der Waals surface area contributed by atoms with Crippen LogP contribution in [0.25, 0.3) is 0 Å². The van der Waals surface area contributed by atoms with E-state index in [4.69, 9.17) is 0 Å². The van der Waals surface area contributed by atoms with Crippen LogP contribution in [0.15, 0.2) is 0 Å². The third-order valence-electron chi connectivity index (χ3n) is 1.98. The summed E-state index contributed by atoms with van der Waals surface area (Å²) in [6, 6.07) is 0. The van der Waals surface area contributed by atoms with Crippen LogP contribution in [0, 0.1) is 5.92 Å². The Hall–Kier alpha value is -0.860. The summed E-state index contributed by atoms with van der Waals surface area (Å²) < 4.78 is 4.57. The Labute approximate surface area is 72.1 Å². The summed E-state index contributed by atoms with van der Waals surface area (Å²) in [6.07, 6.45) is 3.66. The molecule has 3 nitrogen and oxygen atoms in total. The number of carbonyl (C=O) groups is 2. The van der Waals surface area contributed by atoms with Crippen molar-refractivity contribution in [2.45, 2.75) is 32.6 Å². The van der Waals surface area contributed by atoms with E-state index in [9.17, 15) is 9.59 Å². The number of Topliss-reactive ketones (excluding diaryl/α,β-unsaturated/α-hetero) is 1. The second kappa shape index (κ2) is 4.24. The molecule has 0 unspecified atom stereocenters. The lowest BCUT2D eigenvalue weighted by Gasteiger charge is -1.99. The lowest BCUT2D eigenvalue weighted by atomic mass is 10.1. The zero-order chi connectivity index (χ0) is 8.97. The zero-order valence-corrected chi connectivity index (χ0v) is 7.34. The quantitative estimate of drug-likeness (QED) is 0.461. The largest absolute Gasteiger partial charge is 0.460 e. The first-order chi connectivity index (χ1) is 5.74. The van der Waals surface area contributed by atoms with E-state index in [1.165, 1.54) is 12.8 Å².